The van der Waals surface area contributed by atoms with E-state index in [0.717, 1.165) is 13.0 Å². The number of hydrogen-bond acceptors (Lipinski definition) is 5. The zero-order chi connectivity index (χ0) is 12.3. The van der Waals surface area contributed by atoms with E-state index in [-0.39, 0.29) is 5.69 Å². The van der Waals surface area contributed by atoms with Gasteiger partial charge in [-0.1, -0.05) is 0 Å². The quantitative estimate of drug-likeness (QED) is 0.649. The van der Waals surface area contributed by atoms with Crippen LogP contribution in [0.5, 0.6) is 0 Å². The highest BCUT2D eigenvalue weighted by Crippen LogP contribution is 2.48. The van der Waals surface area contributed by atoms with Crippen molar-refractivity contribution < 1.29 is 4.79 Å². The molecule has 1 aliphatic carbocycles. The van der Waals surface area contributed by atoms with Gasteiger partial charge in [0.05, 0.1) is 0 Å². The van der Waals surface area contributed by atoms with Gasteiger partial charge in [-0.3, -0.25) is 4.79 Å². The van der Waals surface area contributed by atoms with Crippen molar-refractivity contribution in [3.8, 4) is 0 Å². The first-order chi connectivity index (χ1) is 8.15. The molecule has 5 N–H and O–H groups in total. The fourth-order valence-electron chi connectivity index (χ4n) is 1.83. The van der Waals surface area contributed by atoms with Gasteiger partial charge in [-0.05, 0) is 43.4 Å². The number of aromatic nitrogens is 2. The van der Waals surface area contributed by atoms with Gasteiger partial charge in [0.25, 0.3) is 5.91 Å². The van der Waals surface area contributed by atoms with Crippen LogP contribution in [0.25, 0.3) is 0 Å². The summed E-state index contributed by atoms with van der Waals surface area (Å²) in [5, 5.41) is 10.8. The molecule has 0 bridgehead atoms. The lowest BCUT2D eigenvalue weighted by molar-refractivity contribution is 0.0994. The maximum absolute atomic E-state index is 10.8. The topological polar surface area (TPSA) is 107 Å². The zero-order valence-electron chi connectivity index (χ0n) is 9.65. The van der Waals surface area contributed by atoms with E-state index >= 15 is 0 Å². The molecule has 1 aromatic rings. The minimum atomic E-state index is -0.564. The van der Waals surface area contributed by atoms with Gasteiger partial charge in [-0.25, -0.2) is 0 Å². The van der Waals surface area contributed by atoms with Gasteiger partial charge >= 0.3 is 0 Å². The van der Waals surface area contributed by atoms with Gasteiger partial charge in [0.1, 0.15) is 5.82 Å². The summed E-state index contributed by atoms with van der Waals surface area (Å²) in [4.78, 5) is 10.8. The van der Waals surface area contributed by atoms with Crippen molar-refractivity contribution in [3.63, 3.8) is 0 Å². The van der Waals surface area contributed by atoms with Crippen molar-refractivity contribution in [2.24, 2.45) is 16.9 Å². The molecule has 92 valence electrons. The largest absolute Gasteiger partial charge is 0.368 e. The number of rotatable bonds is 6. The first kappa shape index (κ1) is 11.8. The van der Waals surface area contributed by atoms with Crippen LogP contribution in [-0.2, 0) is 0 Å². The second-order valence-corrected chi connectivity index (χ2v) is 4.56. The predicted molar refractivity (Wildman–Crippen MR) is 64.4 cm³/mol. The highest BCUT2D eigenvalue weighted by Gasteiger charge is 2.41. The molecule has 1 aromatic heterocycles. The lowest BCUT2D eigenvalue weighted by atomic mass is 10.0. The second kappa shape index (κ2) is 4.67. The molecule has 0 unspecified atom stereocenters. The Morgan fingerprint density at radius 1 is 1.41 bits per heavy atom. The first-order valence-electron chi connectivity index (χ1n) is 5.73. The van der Waals surface area contributed by atoms with Crippen molar-refractivity contribution in [1.82, 2.24) is 10.2 Å². The summed E-state index contributed by atoms with van der Waals surface area (Å²) < 4.78 is 0. The smallest absolute Gasteiger partial charge is 0.269 e. The maximum Gasteiger partial charge on any atom is 0.269 e. The molecule has 0 radical (unpaired) electrons. The first-order valence-corrected chi connectivity index (χ1v) is 5.73. The Kier molecular flexibility index (Phi) is 3.23. The van der Waals surface area contributed by atoms with E-state index in [4.69, 9.17) is 11.5 Å². The summed E-state index contributed by atoms with van der Waals surface area (Å²) in [6.07, 6.45) is 3.46. The highest BCUT2D eigenvalue weighted by atomic mass is 16.1. The number of nitrogens with one attached hydrogen (secondary N) is 1. The van der Waals surface area contributed by atoms with Gasteiger partial charge in [0.2, 0.25) is 0 Å². The SMILES string of the molecule is NCCC1(CNc2ccc(C(N)=O)nn2)CC1. The molecule has 1 amide bonds. The summed E-state index contributed by atoms with van der Waals surface area (Å²) in [6.45, 7) is 1.57. The lowest BCUT2D eigenvalue weighted by Gasteiger charge is -2.14. The number of hydrogen-bond donors (Lipinski definition) is 3. The van der Waals surface area contributed by atoms with Crippen LogP contribution >= 0.6 is 0 Å². The molecule has 1 heterocycles. The van der Waals surface area contributed by atoms with Crippen LogP contribution in [0.15, 0.2) is 12.1 Å². The van der Waals surface area contributed by atoms with Crippen molar-refractivity contribution >= 4 is 11.7 Å². The highest BCUT2D eigenvalue weighted by molar-refractivity contribution is 5.90. The molecule has 1 aliphatic rings. The summed E-state index contributed by atoms with van der Waals surface area (Å²) in [6, 6.07) is 3.28. The third-order valence-electron chi connectivity index (χ3n) is 3.19. The Morgan fingerprint density at radius 3 is 2.65 bits per heavy atom. The molecule has 1 saturated carbocycles. The van der Waals surface area contributed by atoms with Gasteiger partial charge < -0.3 is 16.8 Å². The average molecular weight is 235 g/mol. The predicted octanol–water partition coefficient (Wildman–Crippen LogP) is 0.116. The van der Waals surface area contributed by atoms with E-state index in [1.165, 1.54) is 12.8 Å². The number of anilines is 1. The third kappa shape index (κ3) is 2.91. The van der Waals surface area contributed by atoms with Crippen LogP contribution in [0, 0.1) is 5.41 Å². The fourth-order valence-corrected chi connectivity index (χ4v) is 1.83. The Morgan fingerprint density at radius 2 is 2.18 bits per heavy atom. The van der Waals surface area contributed by atoms with Gasteiger partial charge in [-0.2, -0.15) is 0 Å². The summed E-state index contributed by atoms with van der Waals surface area (Å²) in [7, 11) is 0. The molecule has 0 aliphatic heterocycles. The molecular weight excluding hydrogens is 218 g/mol. The van der Waals surface area contributed by atoms with Crippen LogP contribution in [0.4, 0.5) is 5.82 Å². The molecule has 6 heteroatoms. The van der Waals surface area contributed by atoms with E-state index < -0.39 is 5.91 Å². The molecule has 17 heavy (non-hydrogen) atoms. The Bertz CT molecular complexity index is 399. The van der Waals surface area contributed by atoms with E-state index in [1.807, 2.05) is 0 Å². The Labute approximate surface area is 99.8 Å². The van der Waals surface area contributed by atoms with Crippen molar-refractivity contribution in [1.29, 1.82) is 0 Å². The summed E-state index contributed by atoms with van der Waals surface area (Å²) in [5.74, 6) is 0.101. The molecule has 0 spiro atoms. The van der Waals surface area contributed by atoms with Crippen LogP contribution in [-0.4, -0.2) is 29.2 Å². The molecule has 0 aromatic carbocycles. The number of carbonyl (C=O) groups excluding carboxylic acids is 1. The number of nitrogens with two attached hydrogens (primary N) is 2. The summed E-state index contributed by atoms with van der Waals surface area (Å²) >= 11 is 0. The molecule has 6 nitrogen and oxygen atoms in total. The number of carbonyl (C=O) groups is 1. The van der Waals surface area contributed by atoms with Crippen molar-refractivity contribution in [2.75, 3.05) is 18.4 Å². The van der Waals surface area contributed by atoms with Crippen LogP contribution in [0.3, 0.4) is 0 Å². The molecule has 0 atom stereocenters. The molecular formula is C11H17N5O. The van der Waals surface area contributed by atoms with E-state index in [9.17, 15) is 4.79 Å². The number of primary amides is 1. The number of nitrogens with zero attached hydrogens (tertiary/aromatic N) is 2. The fraction of sp³-hybridized carbons (Fsp3) is 0.545. The van der Waals surface area contributed by atoms with Crippen LogP contribution in [0.2, 0.25) is 0 Å². The third-order valence-corrected chi connectivity index (χ3v) is 3.19. The van der Waals surface area contributed by atoms with E-state index in [2.05, 4.69) is 15.5 Å². The minimum Gasteiger partial charge on any atom is -0.368 e. The molecule has 1 fully saturated rings. The second-order valence-electron chi connectivity index (χ2n) is 4.56. The normalized spacial score (nSPS) is 16.5. The zero-order valence-corrected chi connectivity index (χ0v) is 9.65. The minimum absolute atomic E-state index is 0.179. The van der Waals surface area contributed by atoms with Gasteiger partial charge in [0, 0.05) is 6.54 Å². The standard InChI is InChI=1S/C11H17N5O/c12-6-5-11(3-4-11)7-14-9-2-1-8(10(13)17)15-16-9/h1-2H,3-7,12H2,(H2,13,17)(H,14,16). The molecule has 2 rings (SSSR count). The Balaban J connectivity index is 1.89. The van der Waals surface area contributed by atoms with Crippen molar-refractivity contribution in [3.05, 3.63) is 17.8 Å². The van der Waals surface area contributed by atoms with E-state index in [1.54, 1.807) is 12.1 Å². The van der Waals surface area contributed by atoms with Crippen molar-refractivity contribution in [2.45, 2.75) is 19.3 Å². The number of amides is 1. The summed E-state index contributed by atoms with van der Waals surface area (Å²) in [5.41, 5.74) is 11.2. The maximum atomic E-state index is 10.8. The van der Waals surface area contributed by atoms with Gasteiger partial charge in [0.15, 0.2) is 5.69 Å². The monoisotopic (exact) mass is 235 g/mol. The lowest BCUT2D eigenvalue weighted by Crippen LogP contribution is -2.20. The van der Waals surface area contributed by atoms with Crippen LogP contribution in [0.1, 0.15) is 29.8 Å². The van der Waals surface area contributed by atoms with E-state index in [0.29, 0.717) is 17.8 Å². The average Bonchev–Trinajstić information content (AvgIpc) is 3.08. The molecule has 0 saturated heterocycles. The van der Waals surface area contributed by atoms with Gasteiger partial charge in [-0.15, -0.1) is 10.2 Å². The Hall–Kier alpha value is -1.69. The van der Waals surface area contributed by atoms with Crippen LogP contribution < -0.4 is 16.8 Å².